The number of hydrogen-bond donors (Lipinski definition) is 1. The molecule has 104 valence electrons. The summed E-state index contributed by atoms with van der Waals surface area (Å²) in [5, 5.41) is 6.89. The number of amides is 1. The van der Waals surface area contributed by atoms with E-state index in [2.05, 4.69) is 10.4 Å². The van der Waals surface area contributed by atoms with E-state index in [1.807, 2.05) is 0 Å². The lowest BCUT2D eigenvalue weighted by Gasteiger charge is -2.08. The van der Waals surface area contributed by atoms with Crippen molar-refractivity contribution < 1.29 is 9.53 Å². The van der Waals surface area contributed by atoms with Crippen LogP contribution < -0.4 is 15.6 Å². The largest absolute Gasteiger partial charge is 0.495 e. The number of ether oxygens (including phenoxy) is 1. The zero-order chi connectivity index (χ0) is 14.7. The lowest BCUT2D eigenvalue weighted by atomic mass is 10.3. The minimum atomic E-state index is -0.429. The lowest BCUT2D eigenvalue weighted by molar-refractivity contribution is 0.102. The van der Waals surface area contributed by atoms with Crippen molar-refractivity contribution in [3.8, 4) is 5.75 Å². The quantitative estimate of drug-likeness (QED) is 0.935. The maximum Gasteiger partial charge on any atom is 0.276 e. The van der Waals surface area contributed by atoms with E-state index < -0.39 is 5.91 Å². The van der Waals surface area contributed by atoms with E-state index in [0.717, 1.165) is 4.68 Å². The number of methoxy groups -OCH3 is 1. The molecule has 0 aliphatic carbocycles. The van der Waals surface area contributed by atoms with Gasteiger partial charge in [-0.05, 0) is 24.3 Å². The fourth-order valence-electron chi connectivity index (χ4n) is 1.56. The molecule has 1 heterocycles. The molecule has 20 heavy (non-hydrogen) atoms. The van der Waals surface area contributed by atoms with Gasteiger partial charge < -0.3 is 10.1 Å². The molecule has 0 radical (unpaired) electrons. The predicted molar refractivity (Wildman–Crippen MR) is 75.4 cm³/mol. The molecule has 0 unspecified atom stereocenters. The Kier molecular flexibility index (Phi) is 4.05. The molecule has 0 atom stereocenters. The molecule has 0 spiro atoms. The molecule has 0 bridgehead atoms. The van der Waals surface area contributed by atoms with Gasteiger partial charge in [0.1, 0.15) is 11.4 Å². The van der Waals surface area contributed by atoms with Crippen LogP contribution in [0.25, 0.3) is 0 Å². The van der Waals surface area contributed by atoms with Gasteiger partial charge in [-0.1, -0.05) is 11.6 Å². The van der Waals surface area contributed by atoms with Crippen LogP contribution in [-0.4, -0.2) is 22.8 Å². The molecule has 1 N–H and O–H groups in total. The first-order valence-electron chi connectivity index (χ1n) is 5.70. The molecular weight excluding hydrogens is 282 g/mol. The van der Waals surface area contributed by atoms with Gasteiger partial charge in [-0.25, -0.2) is 4.68 Å². The number of carbonyl (C=O) groups is 1. The molecular formula is C13H12ClN3O3. The third kappa shape index (κ3) is 2.97. The van der Waals surface area contributed by atoms with Crippen molar-refractivity contribution in [1.29, 1.82) is 0 Å². The summed E-state index contributed by atoms with van der Waals surface area (Å²) in [4.78, 5) is 23.2. The molecule has 0 aliphatic rings. The van der Waals surface area contributed by atoms with Gasteiger partial charge >= 0.3 is 0 Å². The number of nitrogens with one attached hydrogen (secondary N) is 1. The molecule has 0 saturated heterocycles. The summed E-state index contributed by atoms with van der Waals surface area (Å²) >= 11 is 5.97. The van der Waals surface area contributed by atoms with Crippen LogP contribution in [0.4, 0.5) is 5.69 Å². The van der Waals surface area contributed by atoms with Crippen LogP contribution in [0.5, 0.6) is 5.75 Å². The number of halogens is 1. The summed E-state index contributed by atoms with van der Waals surface area (Å²) in [7, 11) is 2.98. The van der Waals surface area contributed by atoms with Crippen molar-refractivity contribution >= 4 is 23.2 Å². The summed E-state index contributed by atoms with van der Waals surface area (Å²) in [5.74, 6) is 0.0896. The smallest absolute Gasteiger partial charge is 0.276 e. The minimum Gasteiger partial charge on any atom is -0.495 e. The van der Waals surface area contributed by atoms with E-state index >= 15 is 0 Å². The lowest BCUT2D eigenvalue weighted by Crippen LogP contribution is -2.23. The zero-order valence-corrected chi connectivity index (χ0v) is 11.6. The fourth-order valence-corrected chi connectivity index (χ4v) is 1.82. The van der Waals surface area contributed by atoms with Crippen LogP contribution in [0.1, 0.15) is 10.5 Å². The van der Waals surface area contributed by atoms with Crippen molar-refractivity contribution in [1.82, 2.24) is 9.78 Å². The third-order valence-electron chi connectivity index (χ3n) is 2.60. The van der Waals surface area contributed by atoms with Crippen molar-refractivity contribution in [3.05, 3.63) is 51.4 Å². The first kappa shape index (κ1) is 14.1. The first-order chi connectivity index (χ1) is 9.51. The average Bonchev–Trinajstić information content (AvgIpc) is 2.42. The van der Waals surface area contributed by atoms with Gasteiger partial charge in [-0.15, -0.1) is 0 Å². The van der Waals surface area contributed by atoms with Crippen LogP contribution in [0.15, 0.2) is 35.1 Å². The molecule has 2 rings (SSSR count). The van der Waals surface area contributed by atoms with Crippen molar-refractivity contribution in [2.24, 2.45) is 7.05 Å². The second-order valence-electron chi connectivity index (χ2n) is 3.98. The highest BCUT2D eigenvalue weighted by molar-refractivity contribution is 6.32. The Labute approximate surface area is 119 Å². The molecule has 1 aromatic carbocycles. The van der Waals surface area contributed by atoms with E-state index in [1.54, 1.807) is 18.2 Å². The van der Waals surface area contributed by atoms with Crippen molar-refractivity contribution in [2.45, 2.75) is 0 Å². The number of benzene rings is 1. The number of aromatic nitrogens is 2. The SMILES string of the molecule is COc1ccc(NC(=O)c2ccc(=O)n(C)n2)cc1Cl. The summed E-state index contributed by atoms with van der Waals surface area (Å²) in [5.41, 5.74) is 0.365. The first-order valence-corrected chi connectivity index (χ1v) is 6.08. The van der Waals surface area contributed by atoms with Crippen LogP contribution in [0.2, 0.25) is 5.02 Å². The van der Waals surface area contributed by atoms with Crippen LogP contribution in [0, 0.1) is 0 Å². The monoisotopic (exact) mass is 293 g/mol. The molecule has 6 nitrogen and oxygen atoms in total. The van der Waals surface area contributed by atoms with Gasteiger partial charge in [0.2, 0.25) is 0 Å². The van der Waals surface area contributed by atoms with Crippen molar-refractivity contribution in [3.63, 3.8) is 0 Å². The van der Waals surface area contributed by atoms with E-state index in [4.69, 9.17) is 16.3 Å². The molecule has 0 aliphatic heterocycles. The van der Waals surface area contributed by atoms with E-state index in [0.29, 0.717) is 16.5 Å². The van der Waals surface area contributed by atoms with E-state index in [9.17, 15) is 9.59 Å². The van der Waals surface area contributed by atoms with Crippen LogP contribution in [-0.2, 0) is 7.05 Å². The minimum absolute atomic E-state index is 0.138. The third-order valence-corrected chi connectivity index (χ3v) is 2.90. The second kappa shape index (κ2) is 5.75. The molecule has 0 fully saturated rings. The Balaban J connectivity index is 2.21. The van der Waals surface area contributed by atoms with Gasteiger partial charge in [-0.3, -0.25) is 9.59 Å². The van der Waals surface area contributed by atoms with Gasteiger partial charge in [0.25, 0.3) is 11.5 Å². The number of carbonyl (C=O) groups excluding carboxylic acids is 1. The van der Waals surface area contributed by atoms with Gasteiger partial charge in [0.15, 0.2) is 0 Å². The van der Waals surface area contributed by atoms with Crippen molar-refractivity contribution in [2.75, 3.05) is 12.4 Å². The Hall–Kier alpha value is -2.34. The predicted octanol–water partition coefficient (Wildman–Crippen LogP) is 1.69. The van der Waals surface area contributed by atoms with Crippen LogP contribution >= 0.6 is 11.6 Å². The normalized spacial score (nSPS) is 10.2. The number of anilines is 1. The standard InChI is InChI=1S/C13H12ClN3O3/c1-17-12(18)6-4-10(16-17)13(19)15-8-3-5-11(20-2)9(14)7-8/h3-7H,1-2H3,(H,15,19). The molecule has 1 aromatic heterocycles. The highest BCUT2D eigenvalue weighted by atomic mass is 35.5. The zero-order valence-electron chi connectivity index (χ0n) is 10.9. The molecule has 1 amide bonds. The van der Waals surface area contributed by atoms with E-state index in [1.165, 1.54) is 26.3 Å². The summed E-state index contributed by atoms with van der Waals surface area (Å²) in [6.45, 7) is 0. The Morgan fingerprint density at radius 3 is 2.70 bits per heavy atom. The van der Waals surface area contributed by atoms with Crippen LogP contribution in [0.3, 0.4) is 0 Å². The molecule has 0 saturated carbocycles. The Morgan fingerprint density at radius 1 is 1.35 bits per heavy atom. The number of aryl methyl sites for hydroxylation is 1. The maximum atomic E-state index is 12.0. The highest BCUT2D eigenvalue weighted by Crippen LogP contribution is 2.27. The number of rotatable bonds is 3. The summed E-state index contributed by atoms with van der Waals surface area (Å²) < 4.78 is 6.12. The number of nitrogens with zero attached hydrogens (tertiary/aromatic N) is 2. The van der Waals surface area contributed by atoms with E-state index in [-0.39, 0.29) is 11.3 Å². The highest BCUT2D eigenvalue weighted by Gasteiger charge is 2.10. The Bertz CT molecular complexity index is 712. The fraction of sp³-hybridized carbons (Fsp3) is 0.154. The molecule has 2 aromatic rings. The number of hydrogen-bond acceptors (Lipinski definition) is 4. The summed E-state index contributed by atoms with van der Waals surface area (Å²) in [6.07, 6.45) is 0. The van der Waals surface area contributed by atoms with Gasteiger partial charge in [0, 0.05) is 18.8 Å². The topological polar surface area (TPSA) is 73.2 Å². The van der Waals surface area contributed by atoms with Gasteiger partial charge in [-0.2, -0.15) is 5.10 Å². The maximum absolute atomic E-state index is 12.0. The Morgan fingerprint density at radius 2 is 2.10 bits per heavy atom. The second-order valence-corrected chi connectivity index (χ2v) is 4.39. The van der Waals surface area contributed by atoms with Gasteiger partial charge in [0.05, 0.1) is 12.1 Å². The summed E-state index contributed by atoms with van der Waals surface area (Å²) in [6, 6.07) is 7.52. The average molecular weight is 294 g/mol. The molecule has 7 heteroatoms.